The number of anilines is 1. The van der Waals surface area contributed by atoms with Crippen LogP contribution in [0.3, 0.4) is 0 Å². The lowest BCUT2D eigenvalue weighted by Crippen LogP contribution is -2.46. The molecule has 0 aromatic carbocycles. The Morgan fingerprint density at radius 1 is 1.50 bits per heavy atom. The summed E-state index contributed by atoms with van der Waals surface area (Å²) in [7, 11) is 0. The summed E-state index contributed by atoms with van der Waals surface area (Å²) in [6.07, 6.45) is 7.40. The van der Waals surface area contributed by atoms with Gasteiger partial charge in [-0.05, 0) is 32.4 Å². The molecule has 1 saturated heterocycles. The number of rotatable bonds is 5. The van der Waals surface area contributed by atoms with Gasteiger partial charge in [0, 0.05) is 11.6 Å². The van der Waals surface area contributed by atoms with Gasteiger partial charge in [-0.15, -0.1) is 11.3 Å². The molecule has 0 saturated carbocycles. The third kappa shape index (κ3) is 3.53. The van der Waals surface area contributed by atoms with E-state index in [0.717, 1.165) is 25.9 Å². The van der Waals surface area contributed by atoms with E-state index >= 15 is 0 Å². The van der Waals surface area contributed by atoms with Crippen molar-refractivity contribution in [1.29, 1.82) is 0 Å². The molecule has 1 amide bonds. The zero-order chi connectivity index (χ0) is 12.8. The molecule has 5 heteroatoms. The van der Waals surface area contributed by atoms with E-state index in [1.807, 2.05) is 5.38 Å². The summed E-state index contributed by atoms with van der Waals surface area (Å²) >= 11 is 1.47. The molecule has 1 aliphatic rings. The largest absolute Gasteiger partial charge is 0.301 e. The van der Waals surface area contributed by atoms with E-state index in [0.29, 0.717) is 5.13 Å². The number of nitrogens with zero attached hydrogens (tertiary/aromatic N) is 2. The molecule has 18 heavy (non-hydrogen) atoms. The average molecular weight is 267 g/mol. The Morgan fingerprint density at radius 2 is 2.28 bits per heavy atom. The van der Waals surface area contributed by atoms with Gasteiger partial charge in [-0.25, -0.2) is 4.98 Å². The summed E-state index contributed by atoms with van der Waals surface area (Å²) in [5, 5.41) is 5.52. The van der Waals surface area contributed by atoms with Crippen molar-refractivity contribution in [3.05, 3.63) is 11.6 Å². The lowest BCUT2D eigenvalue weighted by molar-refractivity contribution is -0.122. The van der Waals surface area contributed by atoms with Crippen molar-refractivity contribution in [2.75, 3.05) is 18.4 Å². The highest BCUT2D eigenvalue weighted by molar-refractivity contribution is 7.13. The zero-order valence-corrected chi connectivity index (χ0v) is 11.7. The van der Waals surface area contributed by atoms with Gasteiger partial charge < -0.3 is 5.32 Å². The summed E-state index contributed by atoms with van der Waals surface area (Å²) in [6.45, 7) is 4.24. The predicted molar refractivity (Wildman–Crippen MR) is 74.9 cm³/mol. The Kier molecular flexibility index (Phi) is 5.13. The van der Waals surface area contributed by atoms with Gasteiger partial charge in [0.15, 0.2) is 5.13 Å². The van der Waals surface area contributed by atoms with E-state index in [2.05, 4.69) is 22.1 Å². The maximum Gasteiger partial charge on any atom is 0.243 e. The molecular formula is C13H21N3OS. The van der Waals surface area contributed by atoms with Gasteiger partial charge in [0.2, 0.25) is 5.91 Å². The standard InChI is InChI=1S/C13H21N3OS/c1-2-6-11(16-8-4-3-5-9-16)12(17)15-13-14-7-10-18-13/h7,10-11H,2-6,8-9H2,1H3,(H,14,15,17). The third-order valence-electron chi connectivity index (χ3n) is 3.36. The average Bonchev–Trinajstić information content (AvgIpc) is 2.89. The molecule has 2 rings (SSSR count). The summed E-state index contributed by atoms with van der Waals surface area (Å²) in [6, 6.07) is 0.0131. The predicted octanol–water partition coefficient (Wildman–Crippen LogP) is 2.74. The fraction of sp³-hybridized carbons (Fsp3) is 0.692. The number of nitrogens with one attached hydrogen (secondary N) is 1. The number of carbonyl (C=O) groups excluding carboxylic acids is 1. The molecule has 4 nitrogen and oxygen atoms in total. The fourth-order valence-electron chi connectivity index (χ4n) is 2.46. The van der Waals surface area contributed by atoms with Crippen LogP contribution in [0.4, 0.5) is 5.13 Å². The van der Waals surface area contributed by atoms with Gasteiger partial charge in [0.05, 0.1) is 6.04 Å². The SMILES string of the molecule is CCCC(C(=O)Nc1nccs1)N1CCCCC1. The van der Waals surface area contributed by atoms with E-state index < -0.39 is 0 Å². The van der Waals surface area contributed by atoms with E-state index in [4.69, 9.17) is 0 Å². The smallest absolute Gasteiger partial charge is 0.243 e. The van der Waals surface area contributed by atoms with E-state index in [1.54, 1.807) is 6.20 Å². The zero-order valence-electron chi connectivity index (χ0n) is 10.9. The minimum Gasteiger partial charge on any atom is -0.301 e. The molecule has 1 N–H and O–H groups in total. The Morgan fingerprint density at radius 3 is 2.89 bits per heavy atom. The molecule has 0 bridgehead atoms. The number of carbonyl (C=O) groups is 1. The van der Waals surface area contributed by atoms with Gasteiger partial charge in [0.25, 0.3) is 0 Å². The second-order valence-corrected chi connectivity index (χ2v) is 5.62. The fourth-order valence-corrected chi connectivity index (χ4v) is 2.99. The van der Waals surface area contributed by atoms with Crippen molar-refractivity contribution in [3.63, 3.8) is 0 Å². The quantitative estimate of drug-likeness (QED) is 0.892. The van der Waals surface area contributed by atoms with Crippen LogP contribution in [0.15, 0.2) is 11.6 Å². The molecule has 1 aliphatic heterocycles. The summed E-state index contributed by atoms with van der Waals surface area (Å²) < 4.78 is 0. The highest BCUT2D eigenvalue weighted by atomic mass is 32.1. The first kappa shape index (κ1) is 13.5. The first-order valence-electron chi connectivity index (χ1n) is 6.75. The Hall–Kier alpha value is -0.940. The van der Waals surface area contributed by atoms with Crippen LogP contribution in [-0.4, -0.2) is 34.9 Å². The molecule has 1 unspecified atom stereocenters. The molecule has 0 aliphatic carbocycles. The highest BCUT2D eigenvalue weighted by Gasteiger charge is 2.26. The molecule has 1 aromatic heterocycles. The molecule has 0 spiro atoms. The monoisotopic (exact) mass is 267 g/mol. The molecule has 2 heterocycles. The van der Waals surface area contributed by atoms with E-state index in [1.165, 1.54) is 30.6 Å². The van der Waals surface area contributed by atoms with Gasteiger partial charge in [-0.2, -0.15) is 0 Å². The van der Waals surface area contributed by atoms with Gasteiger partial charge in [0.1, 0.15) is 0 Å². The van der Waals surface area contributed by atoms with Crippen molar-refractivity contribution in [2.24, 2.45) is 0 Å². The van der Waals surface area contributed by atoms with Gasteiger partial charge in [-0.1, -0.05) is 19.8 Å². The van der Waals surface area contributed by atoms with Crippen molar-refractivity contribution in [1.82, 2.24) is 9.88 Å². The lowest BCUT2D eigenvalue weighted by atomic mass is 10.0. The van der Waals surface area contributed by atoms with Gasteiger partial charge >= 0.3 is 0 Å². The van der Waals surface area contributed by atoms with E-state index in [9.17, 15) is 4.79 Å². The minimum absolute atomic E-state index is 0.0131. The Balaban J connectivity index is 1.97. The number of hydrogen-bond donors (Lipinski definition) is 1. The maximum atomic E-state index is 12.3. The van der Waals surface area contributed by atoms with E-state index in [-0.39, 0.29) is 11.9 Å². The van der Waals surface area contributed by atoms with Crippen LogP contribution >= 0.6 is 11.3 Å². The second-order valence-electron chi connectivity index (χ2n) is 4.73. The summed E-state index contributed by atoms with van der Waals surface area (Å²) in [5.74, 6) is 0.105. The molecule has 0 radical (unpaired) electrons. The number of piperidine rings is 1. The van der Waals surface area contributed by atoms with Crippen LogP contribution in [-0.2, 0) is 4.79 Å². The maximum absolute atomic E-state index is 12.3. The lowest BCUT2D eigenvalue weighted by Gasteiger charge is -2.33. The van der Waals surface area contributed by atoms with Crippen LogP contribution in [0.2, 0.25) is 0 Å². The van der Waals surface area contributed by atoms with Crippen molar-refractivity contribution < 1.29 is 4.79 Å². The van der Waals surface area contributed by atoms with Crippen LogP contribution in [0.25, 0.3) is 0 Å². The molecule has 1 fully saturated rings. The second kappa shape index (κ2) is 6.85. The topological polar surface area (TPSA) is 45.2 Å². The summed E-state index contributed by atoms with van der Waals surface area (Å²) in [5.41, 5.74) is 0. The molecular weight excluding hydrogens is 246 g/mol. The van der Waals surface area contributed by atoms with Crippen LogP contribution < -0.4 is 5.32 Å². The first-order valence-corrected chi connectivity index (χ1v) is 7.63. The Bertz CT molecular complexity index is 360. The number of amides is 1. The number of thiazole rings is 1. The minimum atomic E-state index is 0.0131. The number of hydrogen-bond acceptors (Lipinski definition) is 4. The Labute approximate surface area is 112 Å². The van der Waals surface area contributed by atoms with Crippen molar-refractivity contribution >= 4 is 22.4 Å². The highest BCUT2D eigenvalue weighted by Crippen LogP contribution is 2.18. The number of likely N-dealkylation sites (tertiary alicyclic amines) is 1. The molecule has 100 valence electrons. The van der Waals surface area contributed by atoms with Crippen LogP contribution in [0.1, 0.15) is 39.0 Å². The molecule has 1 atom stereocenters. The normalized spacial score (nSPS) is 18.5. The first-order chi connectivity index (χ1) is 8.81. The van der Waals surface area contributed by atoms with Crippen molar-refractivity contribution in [3.8, 4) is 0 Å². The number of aromatic nitrogens is 1. The third-order valence-corrected chi connectivity index (χ3v) is 4.05. The van der Waals surface area contributed by atoms with Crippen molar-refractivity contribution in [2.45, 2.75) is 45.1 Å². The summed E-state index contributed by atoms with van der Waals surface area (Å²) in [4.78, 5) is 18.8. The van der Waals surface area contributed by atoms with Crippen LogP contribution in [0.5, 0.6) is 0 Å². The molecule has 1 aromatic rings. The van der Waals surface area contributed by atoms with Gasteiger partial charge in [-0.3, -0.25) is 9.69 Å². The van der Waals surface area contributed by atoms with Crippen LogP contribution in [0, 0.1) is 0 Å².